The van der Waals surface area contributed by atoms with Crippen LogP contribution >= 0.6 is 11.6 Å². The molecule has 0 unspecified atom stereocenters. The van der Waals surface area contributed by atoms with E-state index < -0.39 is 5.91 Å². The van der Waals surface area contributed by atoms with E-state index in [1.807, 2.05) is 26.8 Å². The van der Waals surface area contributed by atoms with E-state index in [0.29, 0.717) is 22.9 Å². The van der Waals surface area contributed by atoms with Crippen LogP contribution in [0.2, 0.25) is 5.02 Å². The summed E-state index contributed by atoms with van der Waals surface area (Å²) in [6.07, 6.45) is 0. The maximum absolute atomic E-state index is 11.2. The third-order valence-corrected chi connectivity index (χ3v) is 2.69. The van der Waals surface area contributed by atoms with Gasteiger partial charge in [0.15, 0.2) is 5.75 Å². The lowest BCUT2D eigenvalue weighted by molar-refractivity contribution is 0.0996. The fourth-order valence-electron chi connectivity index (χ4n) is 1.50. The van der Waals surface area contributed by atoms with Crippen LogP contribution in [-0.4, -0.2) is 12.5 Å². The monoisotopic (exact) mass is 241 g/mol. The van der Waals surface area contributed by atoms with Gasteiger partial charge in [0.2, 0.25) is 0 Å². The average Bonchev–Trinajstić information content (AvgIpc) is 2.20. The standard InChI is InChI=1S/C12H16ClNO2/c1-4-16-11-9(12(14)15)6-5-8(7(2)3)10(11)13/h5-7H,4H2,1-3H3,(H2,14,15). The first kappa shape index (κ1) is 12.8. The van der Waals surface area contributed by atoms with Crippen LogP contribution in [0.5, 0.6) is 5.75 Å². The molecule has 3 nitrogen and oxygen atoms in total. The number of hydrogen-bond acceptors (Lipinski definition) is 2. The highest BCUT2D eigenvalue weighted by Crippen LogP contribution is 2.35. The van der Waals surface area contributed by atoms with Crippen LogP contribution < -0.4 is 10.5 Å². The Labute approximate surface area is 101 Å². The summed E-state index contributed by atoms with van der Waals surface area (Å²) in [7, 11) is 0. The van der Waals surface area contributed by atoms with E-state index in [9.17, 15) is 4.79 Å². The van der Waals surface area contributed by atoms with Gasteiger partial charge in [0.1, 0.15) is 0 Å². The first-order valence-electron chi connectivity index (χ1n) is 5.24. The first-order chi connectivity index (χ1) is 7.49. The second-order valence-corrected chi connectivity index (χ2v) is 4.18. The van der Waals surface area contributed by atoms with Gasteiger partial charge < -0.3 is 10.5 Å². The van der Waals surface area contributed by atoms with Gasteiger partial charge in [0, 0.05) is 0 Å². The summed E-state index contributed by atoms with van der Waals surface area (Å²) in [4.78, 5) is 11.2. The molecule has 0 aliphatic rings. The quantitative estimate of drug-likeness (QED) is 0.881. The zero-order valence-electron chi connectivity index (χ0n) is 9.71. The van der Waals surface area contributed by atoms with Gasteiger partial charge in [-0.3, -0.25) is 4.79 Å². The van der Waals surface area contributed by atoms with Crippen molar-refractivity contribution in [2.24, 2.45) is 5.73 Å². The second-order valence-electron chi connectivity index (χ2n) is 3.80. The van der Waals surface area contributed by atoms with Crippen molar-refractivity contribution in [1.82, 2.24) is 0 Å². The third-order valence-electron chi connectivity index (χ3n) is 2.30. The van der Waals surface area contributed by atoms with Gasteiger partial charge in [-0.25, -0.2) is 0 Å². The van der Waals surface area contributed by atoms with Gasteiger partial charge in [0.25, 0.3) is 5.91 Å². The first-order valence-corrected chi connectivity index (χ1v) is 5.61. The van der Waals surface area contributed by atoms with Crippen molar-refractivity contribution in [3.63, 3.8) is 0 Å². The Kier molecular flexibility index (Phi) is 4.19. The minimum atomic E-state index is -0.527. The summed E-state index contributed by atoms with van der Waals surface area (Å²) in [5.74, 6) is 0.136. The van der Waals surface area contributed by atoms with Crippen molar-refractivity contribution >= 4 is 17.5 Å². The summed E-state index contributed by atoms with van der Waals surface area (Å²) in [5, 5.41) is 0.480. The van der Waals surface area contributed by atoms with Crippen molar-refractivity contribution in [2.45, 2.75) is 26.7 Å². The molecule has 0 saturated heterocycles. The summed E-state index contributed by atoms with van der Waals surface area (Å²) in [5.41, 5.74) is 6.55. The summed E-state index contributed by atoms with van der Waals surface area (Å²) >= 11 is 6.20. The Balaban J connectivity index is 3.35. The number of nitrogens with two attached hydrogens (primary N) is 1. The van der Waals surface area contributed by atoms with Crippen molar-refractivity contribution in [3.05, 3.63) is 28.3 Å². The minimum absolute atomic E-state index is 0.272. The SMILES string of the molecule is CCOc1c(C(N)=O)ccc(C(C)C)c1Cl. The zero-order valence-corrected chi connectivity index (χ0v) is 10.5. The van der Waals surface area contributed by atoms with Gasteiger partial charge in [-0.15, -0.1) is 0 Å². The number of rotatable bonds is 4. The highest BCUT2D eigenvalue weighted by Gasteiger charge is 2.17. The normalized spacial score (nSPS) is 10.6. The number of primary amides is 1. The number of benzene rings is 1. The molecule has 1 rings (SSSR count). The molecule has 16 heavy (non-hydrogen) atoms. The molecule has 0 heterocycles. The Morgan fingerprint density at radius 2 is 2.12 bits per heavy atom. The summed E-state index contributed by atoms with van der Waals surface area (Å²) in [6.45, 7) is 6.34. The smallest absolute Gasteiger partial charge is 0.252 e. The van der Waals surface area contributed by atoms with Gasteiger partial charge >= 0.3 is 0 Å². The highest BCUT2D eigenvalue weighted by molar-refractivity contribution is 6.33. The number of carbonyl (C=O) groups is 1. The summed E-state index contributed by atoms with van der Waals surface area (Å²) in [6, 6.07) is 3.48. The fraction of sp³-hybridized carbons (Fsp3) is 0.417. The van der Waals surface area contributed by atoms with Crippen LogP contribution in [0.3, 0.4) is 0 Å². The maximum atomic E-state index is 11.2. The Morgan fingerprint density at radius 1 is 1.50 bits per heavy atom. The van der Waals surface area contributed by atoms with E-state index in [0.717, 1.165) is 5.56 Å². The molecule has 0 bridgehead atoms. The number of ether oxygens (including phenoxy) is 1. The van der Waals surface area contributed by atoms with Crippen LogP contribution in [-0.2, 0) is 0 Å². The van der Waals surface area contributed by atoms with Crippen LogP contribution in [0.4, 0.5) is 0 Å². The van der Waals surface area contributed by atoms with E-state index in [4.69, 9.17) is 22.1 Å². The minimum Gasteiger partial charge on any atom is -0.491 e. The van der Waals surface area contributed by atoms with Crippen molar-refractivity contribution in [1.29, 1.82) is 0 Å². The Morgan fingerprint density at radius 3 is 2.56 bits per heavy atom. The molecule has 0 saturated carbocycles. The molecule has 0 spiro atoms. The van der Waals surface area contributed by atoms with E-state index in [-0.39, 0.29) is 5.92 Å². The lowest BCUT2D eigenvalue weighted by Crippen LogP contribution is -2.14. The van der Waals surface area contributed by atoms with Gasteiger partial charge in [0.05, 0.1) is 17.2 Å². The van der Waals surface area contributed by atoms with Gasteiger partial charge in [-0.05, 0) is 24.5 Å². The highest BCUT2D eigenvalue weighted by atomic mass is 35.5. The van der Waals surface area contributed by atoms with Crippen molar-refractivity contribution in [3.8, 4) is 5.75 Å². The largest absolute Gasteiger partial charge is 0.491 e. The van der Waals surface area contributed by atoms with Crippen LogP contribution in [0, 0.1) is 0 Å². The number of halogens is 1. The molecule has 4 heteroatoms. The van der Waals surface area contributed by atoms with Crippen molar-refractivity contribution in [2.75, 3.05) is 6.61 Å². The molecule has 0 aliphatic heterocycles. The Bertz CT molecular complexity index is 402. The van der Waals surface area contributed by atoms with Crippen molar-refractivity contribution < 1.29 is 9.53 Å². The number of amides is 1. The van der Waals surface area contributed by atoms with E-state index in [1.54, 1.807) is 6.07 Å². The predicted octanol–water partition coefficient (Wildman–Crippen LogP) is 2.96. The molecule has 0 atom stereocenters. The molecule has 1 aromatic rings. The van der Waals surface area contributed by atoms with Gasteiger partial charge in [-0.2, -0.15) is 0 Å². The van der Waals surface area contributed by atoms with E-state index >= 15 is 0 Å². The lowest BCUT2D eigenvalue weighted by atomic mass is 10.0. The van der Waals surface area contributed by atoms with Crippen LogP contribution in [0.1, 0.15) is 42.6 Å². The fourth-order valence-corrected chi connectivity index (χ4v) is 1.93. The molecular weight excluding hydrogens is 226 g/mol. The number of hydrogen-bond donors (Lipinski definition) is 1. The lowest BCUT2D eigenvalue weighted by Gasteiger charge is -2.15. The maximum Gasteiger partial charge on any atom is 0.252 e. The number of carbonyl (C=O) groups excluding carboxylic acids is 1. The molecule has 0 aromatic heterocycles. The zero-order chi connectivity index (χ0) is 12.3. The molecule has 0 aliphatic carbocycles. The van der Waals surface area contributed by atoms with E-state index in [2.05, 4.69) is 0 Å². The molecule has 88 valence electrons. The predicted molar refractivity (Wildman–Crippen MR) is 65.2 cm³/mol. The van der Waals surface area contributed by atoms with Crippen LogP contribution in [0.15, 0.2) is 12.1 Å². The van der Waals surface area contributed by atoms with Gasteiger partial charge in [-0.1, -0.05) is 31.5 Å². The van der Waals surface area contributed by atoms with Crippen LogP contribution in [0.25, 0.3) is 0 Å². The van der Waals surface area contributed by atoms with E-state index in [1.165, 1.54) is 0 Å². The molecule has 0 radical (unpaired) electrons. The molecule has 2 N–H and O–H groups in total. The molecular formula is C12H16ClNO2. The molecule has 1 aromatic carbocycles. The molecule has 1 amide bonds. The second kappa shape index (κ2) is 5.21. The third kappa shape index (κ3) is 2.47. The average molecular weight is 242 g/mol. The Hall–Kier alpha value is -1.22. The summed E-state index contributed by atoms with van der Waals surface area (Å²) < 4.78 is 5.39. The topological polar surface area (TPSA) is 52.3 Å². The molecule has 0 fully saturated rings.